The molecular formula is C22H24N4O3. The average molecular weight is 392 g/mol. The maximum atomic E-state index is 13.1. The first-order valence-corrected chi connectivity index (χ1v) is 9.69. The first-order chi connectivity index (χ1) is 14.2. The molecule has 0 N–H and O–H groups in total. The van der Waals surface area contributed by atoms with Gasteiger partial charge < -0.3 is 14.1 Å². The van der Waals surface area contributed by atoms with E-state index in [9.17, 15) is 4.79 Å². The summed E-state index contributed by atoms with van der Waals surface area (Å²) >= 11 is 0. The molecule has 1 aromatic heterocycles. The van der Waals surface area contributed by atoms with Gasteiger partial charge >= 0.3 is 0 Å². The molecule has 1 aliphatic rings. The third-order valence-corrected chi connectivity index (χ3v) is 5.20. The molecular weight excluding hydrogens is 368 g/mol. The Labute approximate surface area is 169 Å². The number of rotatable bonds is 6. The number of carbonyl (C=O) groups excluding carboxylic acids is 1. The number of ether oxygens (including phenoxy) is 1. The number of hydrogen-bond donors (Lipinski definition) is 0. The zero-order valence-corrected chi connectivity index (χ0v) is 16.6. The standard InChI is InChI=1S/C22H24N4O3/c1-25(19-9-6-14-26(22(19)27)17-7-4-3-5-8-17)15-20-23-24-21(29-20)16-10-12-18(28-2)13-11-16/h3-5,7-8,10-13,19H,6,9,14-15H2,1-2H3. The fraction of sp³-hybridized carbons (Fsp3) is 0.318. The lowest BCUT2D eigenvalue weighted by molar-refractivity contribution is -0.125. The average Bonchev–Trinajstić information content (AvgIpc) is 3.23. The fourth-order valence-corrected chi connectivity index (χ4v) is 3.62. The van der Waals surface area contributed by atoms with Crippen LogP contribution in [0.5, 0.6) is 5.75 Å². The number of aromatic nitrogens is 2. The second-order valence-corrected chi connectivity index (χ2v) is 7.13. The summed E-state index contributed by atoms with van der Waals surface area (Å²) in [6.45, 7) is 1.16. The smallest absolute Gasteiger partial charge is 0.247 e. The van der Waals surface area contributed by atoms with Gasteiger partial charge in [0, 0.05) is 17.8 Å². The summed E-state index contributed by atoms with van der Waals surface area (Å²) in [7, 11) is 3.55. The van der Waals surface area contributed by atoms with Gasteiger partial charge in [0.2, 0.25) is 17.7 Å². The van der Waals surface area contributed by atoms with Crippen LogP contribution in [0.1, 0.15) is 18.7 Å². The third kappa shape index (κ3) is 4.14. The van der Waals surface area contributed by atoms with Crippen molar-refractivity contribution in [2.75, 3.05) is 25.6 Å². The number of amides is 1. The van der Waals surface area contributed by atoms with Crippen LogP contribution < -0.4 is 9.64 Å². The number of nitrogens with zero attached hydrogens (tertiary/aromatic N) is 4. The van der Waals surface area contributed by atoms with Crippen molar-refractivity contribution in [1.82, 2.24) is 15.1 Å². The van der Waals surface area contributed by atoms with Crippen LogP contribution in [0.25, 0.3) is 11.5 Å². The Morgan fingerprint density at radius 3 is 2.62 bits per heavy atom. The molecule has 1 amide bonds. The summed E-state index contributed by atoms with van der Waals surface area (Å²) in [6, 6.07) is 17.1. The van der Waals surface area contributed by atoms with Crippen molar-refractivity contribution < 1.29 is 13.9 Å². The maximum absolute atomic E-state index is 13.1. The van der Waals surface area contributed by atoms with Crippen LogP contribution in [0.15, 0.2) is 59.0 Å². The van der Waals surface area contributed by atoms with E-state index in [0.717, 1.165) is 36.4 Å². The summed E-state index contributed by atoms with van der Waals surface area (Å²) in [5, 5.41) is 8.30. The third-order valence-electron chi connectivity index (χ3n) is 5.20. The minimum Gasteiger partial charge on any atom is -0.497 e. The molecule has 0 bridgehead atoms. The largest absolute Gasteiger partial charge is 0.497 e. The summed E-state index contributed by atoms with van der Waals surface area (Å²) in [5.74, 6) is 1.83. The molecule has 4 rings (SSSR count). The van der Waals surface area contributed by atoms with Crippen LogP contribution in [-0.2, 0) is 11.3 Å². The second-order valence-electron chi connectivity index (χ2n) is 7.13. The van der Waals surface area contributed by atoms with E-state index in [0.29, 0.717) is 18.3 Å². The van der Waals surface area contributed by atoms with Crippen LogP contribution in [0.4, 0.5) is 5.69 Å². The molecule has 29 heavy (non-hydrogen) atoms. The van der Waals surface area contributed by atoms with Crippen molar-refractivity contribution in [3.8, 4) is 17.2 Å². The maximum Gasteiger partial charge on any atom is 0.247 e. The topological polar surface area (TPSA) is 71.7 Å². The van der Waals surface area contributed by atoms with Crippen molar-refractivity contribution in [1.29, 1.82) is 0 Å². The molecule has 1 atom stereocenters. The molecule has 1 aliphatic heterocycles. The number of methoxy groups -OCH3 is 1. The van der Waals surface area contributed by atoms with Gasteiger partial charge in [-0.3, -0.25) is 9.69 Å². The number of carbonyl (C=O) groups is 1. The van der Waals surface area contributed by atoms with Gasteiger partial charge in [0.25, 0.3) is 0 Å². The van der Waals surface area contributed by atoms with Crippen LogP contribution in [0, 0.1) is 0 Å². The first kappa shape index (κ1) is 19.1. The molecule has 2 heterocycles. The van der Waals surface area contributed by atoms with E-state index in [2.05, 4.69) is 10.2 Å². The number of benzene rings is 2. The highest BCUT2D eigenvalue weighted by atomic mass is 16.5. The highest BCUT2D eigenvalue weighted by molar-refractivity contribution is 5.97. The molecule has 0 radical (unpaired) electrons. The van der Waals surface area contributed by atoms with E-state index in [4.69, 9.17) is 9.15 Å². The molecule has 3 aromatic rings. The van der Waals surface area contributed by atoms with Gasteiger partial charge in [-0.05, 0) is 56.3 Å². The number of hydrogen-bond acceptors (Lipinski definition) is 6. The molecule has 1 unspecified atom stereocenters. The molecule has 2 aromatic carbocycles. The summed E-state index contributed by atoms with van der Waals surface area (Å²) in [6.07, 6.45) is 1.77. The first-order valence-electron chi connectivity index (χ1n) is 9.69. The minimum absolute atomic E-state index is 0.111. The second kappa shape index (κ2) is 8.45. The van der Waals surface area contributed by atoms with Gasteiger partial charge in [0.1, 0.15) is 5.75 Å². The fourth-order valence-electron chi connectivity index (χ4n) is 3.62. The highest BCUT2D eigenvalue weighted by Crippen LogP contribution is 2.25. The summed E-state index contributed by atoms with van der Waals surface area (Å²) in [5.41, 5.74) is 1.77. The summed E-state index contributed by atoms with van der Waals surface area (Å²) < 4.78 is 11.0. The number of anilines is 1. The quantitative estimate of drug-likeness (QED) is 0.640. The van der Waals surface area contributed by atoms with Gasteiger partial charge in [-0.15, -0.1) is 10.2 Å². The highest BCUT2D eigenvalue weighted by Gasteiger charge is 2.33. The van der Waals surface area contributed by atoms with Gasteiger partial charge in [-0.2, -0.15) is 0 Å². The Bertz CT molecular complexity index is 956. The van der Waals surface area contributed by atoms with Crippen LogP contribution in [-0.4, -0.2) is 47.7 Å². The van der Waals surface area contributed by atoms with E-state index in [1.807, 2.05) is 71.4 Å². The van der Waals surface area contributed by atoms with Gasteiger partial charge in [-0.1, -0.05) is 18.2 Å². The van der Waals surface area contributed by atoms with Crippen molar-refractivity contribution in [3.05, 3.63) is 60.5 Å². The number of likely N-dealkylation sites (N-methyl/N-ethyl adjacent to an activating group) is 1. The zero-order chi connectivity index (χ0) is 20.2. The van der Waals surface area contributed by atoms with E-state index >= 15 is 0 Å². The minimum atomic E-state index is -0.208. The number of piperidine rings is 1. The Hall–Kier alpha value is -3.19. The molecule has 0 saturated carbocycles. The Morgan fingerprint density at radius 1 is 1.14 bits per heavy atom. The molecule has 1 fully saturated rings. The molecule has 0 aliphatic carbocycles. The Kier molecular flexibility index (Phi) is 5.57. The summed E-state index contributed by atoms with van der Waals surface area (Å²) in [4.78, 5) is 16.9. The van der Waals surface area contributed by atoms with Gasteiger partial charge in [0.05, 0.1) is 19.7 Å². The SMILES string of the molecule is COc1ccc(-c2nnc(CN(C)C3CCCN(c4ccccc4)C3=O)o2)cc1. The predicted octanol–water partition coefficient (Wildman–Crippen LogP) is 3.37. The lowest BCUT2D eigenvalue weighted by atomic mass is 10.0. The lowest BCUT2D eigenvalue weighted by Gasteiger charge is -2.36. The molecule has 0 spiro atoms. The van der Waals surface area contributed by atoms with Crippen LogP contribution in [0.3, 0.4) is 0 Å². The normalized spacial score (nSPS) is 17.0. The van der Waals surface area contributed by atoms with E-state index < -0.39 is 0 Å². The Morgan fingerprint density at radius 2 is 1.90 bits per heavy atom. The van der Waals surface area contributed by atoms with Gasteiger partial charge in [0.15, 0.2) is 0 Å². The van der Waals surface area contributed by atoms with Crippen molar-refractivity contribution in [2.45, 2.75) is 25.4 Å². The molecule has 7 heteroatoms. The van der Waals surface area contributed by atoms with Crippen LogP contribution in [0.2, 0.25) is 0 Å². The van der Waals surface area contributed by atoms with Crippen LogP contribution >= 0.6 is 0 Å². The van der Waals surface area contributed by atoms with E-state index in [1.54, 1.807) is 7.11 Å². The monoisotopic (exact) mass is 392 g/mol. The van der Waals surface area contributed by atoms with Crippen molar-refractivity contribution in [3.63, 3.8) is 0 Å². The van der Waals surface area contributed by atoms with Gasteiger partial charge in [-0.25, -0.2) is 0 Å². The molecule has 7 nitrogen and oxygen atoms in total. The lowest BCUT2D eigenvalue weighted by Crippen LogP contribution is -2.51. The zero-order valence-electron chi connectivity index (χ0n) is 16.6. The van der Waals surface area contributed by atoms with Crippen molar-refractivity contribution in [2.24, 2.45) is 0 Å². The molecule has 1 saturated heterocycles. The van der Waals surface area contributed by atoms with E-state index in [1.165, 1.54) is 0 Å². The molecule has 150 valence electrons. The number of para-hydroxylation sites is 1. The Balaban J connectivity index is 1.44. The predicted molar refractivity (Wildman–Crippen MR) is 110 cm³/mol. The van der Waals surface area contributed by atoms with Crippen molar-refractivity contribution >= 4 is 11.6 Å². The van der Waals surface area contributed by atoms with E-state index in [-0.39, 0.29) is 11.9 Å².